The second-order valence-electron chi connectivity index (χ2n) is 2.62. The molecule has 0 fully saturated rings. The number of nitrogens with zero attached hydrogens (tertiary/aromatic N) is 1. The van der Waals surface area contributed by atoms with Gasteiger partial charge >= 0.3 is 0 Å². The van der Waals surface area contributed by atoms with E-state index >= 15 is 0 Å². The van der Waals surface area contributed by atoms with Crippen LogP contribution in [-0.4, -0.2) is 39.8 Å². The first-order chi connectivity index (χ1) is 7.53. The van der Waals surface area contributed by atoms with Gasteiger partial charge in [0.15, 0.2) is 0 Å². The number of thioether (sulfide) groups is 1. The van der Waals surface area contributed by atoms with Crippen LogP contribution in [0.5, 0.6) is 0 Å². The fourth-order valence-corrected chi connectivity index (χ4v) is 2.26. The van der Waals surface area contributed by atoms with Gasteiger partial charge in [0.25, 0.3) is 5.17 Å². The minimum Gasteiger partial charge on any atom is -0.472 e. The molecule has 0 amide bonds. The lowest BCUT2D eigenvalue weighted by Gasteiger charge is -2.20. The molecule has 0 atom stereocenters. The molecule has 0 aromatic rings. The lowest BCUT2D eigenvalue weighted by atomic mass is 10.6. The molecule has 0 spiro atoms. The highest BCUT2D eigenvalue weighted by molar-refractivity contribution is 8.22. The van der Waals surface area contributed by atoms with E-state index < -0.39 is 0 Å². The molecule has 0 radical (unpaired) electrons. The Bertz CT molecular complexity index is 197. The molecule has 0 saturated heterocycles. The summed E-state index contributed by atoms with van der Waals surface area (Å²) in [5.41, 5.74) is 4.91. The SMILES string of the molecule is CCOC(N)=S.CCSC(=S)N(CC)CC. The van der Waals surface area contributed by atoms with Crippen molar-refractivity contribution in [2.45, 2.75) is 27.7 Å². The maximum Gasteiger partial charge on any atom is 0.253 e. The average molecular weight is 283 g/mol. The fraction of sp³-hybridized carbons (Fsp3) is 0.800. The first-order valence-electron chi connectivity index (χ1n) is 5.37. The van der Waals surface area contributed by atoms with Crippen LogP contribution >= 0.6 is 36.2 Å². The van der Waals surface area contributed by atoms with Crippen LogP contribution in [0.15, 0.2) is 0 Å². The van der Waals surface area contributed by atoms with Gasteiger partial charge in [-0.05, 0) is 38.7 Å². The summed E-state index contributed by atoms with van der Waals surface area (Å²) in [5.74, 6) is 1.08. The van der Waals surface area contributed by atoms with E-state index in [1.165, 1.54) is 0 Å². The van der Waals surface area contributed by atoms with E-state index in [0.717, 1.165) is 23.2 Å². The van der Waals surface area contributed by atoms with Crippen molar-refractivity contribution in [1.29, 1.82) is 0 Å². The van der Waals surface area contributed by atoms with Crippen LogP contribution < -0.4 is 5.73 Å². The van der Waals surface area contributed by atoms with Gasteiger partial charge in [0.1, 0.15) is 4.32 Å². The topological polar surface area (TPSA) is 38.5 Å². The Balaban J connectivity index is 0. The second-order valence-corrected chi connectivity index (χ2v) is 4.92. The van der Waals surface area contributed by atoms with Crippen molar-refractivity contribution >= 4 is 45.7 Å². The summed E-state index contributed by atoms with van der Waals surface area (Å²) >= 11 is 11.3. The standard InChI is InChI=1S/C7H15NS2.C3H7NOS/c1-4-8(5-2)7(9)10-6-3;1-2-5-3(4)6/h4-6H2,1-3H3;2H2,1H3,(H2,4,6). The molecule has 0 aliphatic carbocycles. The third-order valence-electron chi connectivity index (χ3n) is 1.58. The van der Waals surface area contributed by atoms with Crippen molar-refractivity contribution in [3.8, 4) is 0 Å². The van der Waals surface area contributed by atoms with Gasteiger partial charge in [0.2, 0.25) is 0 Å². The molecular weight excluding hydrogens is 260 g/mol. The van der Waals surface area contributed by atoms with Crippen LogP contribution in [0, 0.1) is 0 Å². The normalized spacial score (nSPS) is 8.75. The summed E-state index contributed by atoms with van der Waals surface area (Å²) in [6.07, 6.45) is 0. The molecule has 0 aliphatic rings. The Morgan fingerprint density at radius 3 is 1.88 bits per heavy atom. The molecule has 0 rings (SSSR count). The van der Waals surface area contributed by atoms with Gasteiger partial charge in [0, 0.05) is 13.1 Å². The van der Waals surface area contributed by atoms with Crippen molar-refractivity contribution in [2.75, 3.05) is 25.4 Å². The quantitative estimate of drug-likeness (QED) is 0.799. The van der Waals surface area contributed by atoms with Crippen LogP contribution in [0.4, 0.5) is 0 Å². The number of rotatable bonds is 4. The van der Waals surface area contributed by atoms with E-state index in [1.54, 1.807) is 11.8 Å². The third-order valence-corrected chi connectivity index (χ3v) is 3.10. The minimum absolute atomic E-state index is 0.123. The summed E-state index contributed by atoms with van der Waals surface area (Å²) < 4.78 is 5.59. The maximum absolute atomic E-state index is 5.16. The summed E-state index contributed by atoms with van der Waals surface area (Å²) in [4.78, 5) is 2.20. The molecule has 0 bridgehead atoms. The molecule has 3 nitrogen and oxygen atoms in total. The van der Waals surface area contributed by atoms with Crippen molar-refractivity contribution in [2.24, 2.45) is 5.73 Å². The number of ether oxygens (including phenoxy) is 1. The average Bonchev–Trinajstić information content (AvgIpc) is 2.20. The van der Waals surface area contributed by atoms with E-state index in [1.807, 2.05) is 6.92 Å². The van der Waals surface area contributed by atoms with Gasteiger partial charge in [0.05, 0.1) is 6.61 Å². The van der Waals surface area contributed by atoms with Crippen LogP contribution in [0.2, 0.25) is 0 Å². The molecule has 0 saturated carbocycles. The van der Waals surface area contributed by atoms with Gasteiger partial charge in [-0.1, -0.05) is 30.9 Å². The zero-order valence-corrected chi connectivity index (χ0v) is 12.9. The highest BCUT2D eigenvalue weighted by Gasteiger charge is 2.02. The van der Waals surface area contributed by atoms with Gasteiger partial charge in [-0.3, -0.25) is 0 Å². The number of thiocarbonyl (C=S) groups is 2. The Labute approximate surface area is 114 Å². The monoisotopic (exact) mass is 282 g/mol. The lowest BCUT2D eigenvalue weighted by molar-refractivity contribution is 0.331. The summed E-state index contributed by atoms with van der Waals surface area (Å²) in [7, 11) is 0. The van der Waals surface area contributed by atoms with Gasteiger partial charge in [-0.25, -0.2) is 0 Å². The van der Waals surface area contributed by atoms with E-state index in [9.17, 15) is 0 Å². The van der Waals surface area contributed by atoms with Gasteiger partial charge < -0.3 is 15.4 Å². The maximum atomic E-state index is 5.16. The predicted octanol–water partition coefficient (Wildman–Crippen LogP) is 2.63. The van der Waals surface area contributed by atoms with Crippen LogP contribution in [0.25, 0.3) is 0 Å². The second kappa shape index (κ2) is 13.0. The third kappa shape index (κ3) is 12.0. The molecule has 0 aromatic heterocycles. The van der Waals surface area contributed by atoms with Crippen LogP contribution in [-0.2, 0) is 4.74 Å². The van der Waals surface area contributed by atoms with E-state index in [4.69, 9.17) is 18.0 Å². The fourth-order valence-electron chi connectivity index (χ4n) is 0.839. The highest BCUT2D eigenvalue weighted by Crippen LogP contribution is 2.07. The molecule has 0 unspecified atom stereocenters. The van der Waals surface area contributed by atoms with E-state index in [0.29, 0.717) is 6.61 Å². The lowest BCUT2D eigenvalue weighted by Crippen LogP contribution is -2.26. The van der Waals surface area contributed by atoms with Crippen molar-refractivity contribution in [1.82, 2.24) is 4.90 Å². The zero-order valence-electron chi connectivity index (χ0n) is 10.5. The summed E-state index contributed by atoms with van der Waals surface area (Å²) in [5, 5.41) is 0.123. The molecule has 6 heteroatoms. The van der Waals surface area contributed by atoms with Crippen molar-refractivity contribution in [3.63, 3.8) is 0 Å². The van der Waals surface area contributed by atoms with E-state index in [-0.39, 0.29) is 5.17 Å². The van der Waals surface area contributed by atoms with E-state index in [2.05, 4.69) is 42.6 Å². The Hall–Kier alpha value is -0.0700. The molecule has 0 aliphatic heterocycles. The summed E-state index contributed by atoms with van der Waals surface area (Å²) in [6, 6.07) is 0. The van der Waals surface area contributed by atoms with Crippen LogP contribution in [0.1, 0.15) is 27.7 Å². The number of nitrogens with two attached hydrogens (primary N) is 1. The number of hydrogen-bond donors (Lipinski definition) is 1. The Morgan fingerprint density at radius 1 is 1.19 bits per heavy atom. The van der Waals surface area contributed by atoms with Crippen molar-refractivity contribution in [3.05, 3.63) is 0 Å². The predicted molar refractivity (Wildman–Crippen MR) is 82.1 cm³/mol. The first-order valence-corrected chi connectivity index (χ1v) is 7.17. The molecule has 16 heavy (non-hydrogen) atoms. The number of hydrogen-bond acceptors (Lipinski definition) is 4. The first kappa shape index (κ1) is 18.3. The zero-order chi connectivity index (χ0) is 13.0. The molecular formula is C10H22N2OS3. The van der Waals surface area contributed by atoms with Crippen LogP contribution in [0.3, 0.4) is 0 Å². The highest BCUT2D eigenvalue weighted by atomic mass is 32.2. The minimum atomic E-state index is 0.123. The Kier molecular flexibility index (Phi) is 14.9. The smallest absolute Gasteiger partial charge is 0.253 e. The van der Waals surface area contributed by atoms with Crippen molar-refractivity contribution < 1.29 is 4.74 Å². The summed E-state index contributed by atoms with van der Waals surface area (Å²) in [6.45, 7) is 10.8. The van der Waals surface area contributed by atoms with Gasteiger partial charge in [-0.2, -0.15) is 0 Å². The molecule has 96 valence electrons. The molecule has 2 N–H and O–H groups in total. The molecule has 0 aromatic carbocycles. The Morgan fingerprint density at radius 2 is 1.69 bits per heavy atom. The van der Waals surface area contributed by atoms with Gasteiger partial charge in [-0.15, -0.1) is 0 Å². The largest absolute Gasteiger partial charge is 0.472 e. The molecule has 0 heterocycles.